The minimum absolute atomic E-state index is 1.04. The summed E-state index contributed by atoms with van der Waals surface area (Å²) in [5.41, 5.74) is 0. The van der Waals surface area contributed by atoms with Gasteiger partial charge in [-0.3, -0.25) is 0 Å². The molecule has 0 heteroatoms. The summed E-state index contributed by atoms with van der Waals surface area (Å²) in [6.45, 7) is 7.45. The number of hydrogen-bond acceptors (Lipinski definition) is 0. The topological polar surface area (TPSA) is 0 Å². The van der Waals surface area contributed by atoms with E-state index in [0.717, 1.165) is 41.4 Å². The zero-order chi connectivity index (χ0) is 9.87. The molecular weight excluding hydrogens is 168 g/mol. The highest BCUT2D eigenvalue weighted by atomic mass is 14.6. The summed E-state index contributed by atoms with van der Waals surface area (Å²) in [4.78, 5) is 0. The molecule has 3 rings (SSSR count). The molecule has 0 aromatic carbocycles. The van der Waals surface area contributed by atoms with Crippen LogP contribution >= 0.6 is 0 Å². The lowest BCUT2D eigenvalue weighted by atomic mass is 9.72. The van der Waals surface area contributed by atoms with Crippen molar-refractivity contribution >= 4 is 0 Å². The summed E-state index contributed by atoms with van der Waals surface area (Å²) < 4.78 is 0. The molecule has 0 amide bonds. The van der Waals surface area contributed by atoms with Crippen LogP contribution in [0.15, 0.2) is 0 Å². The first-order valence-corrected chi connectivity index (χ1v) is 6.72. The van der Waals surface area contributed by atoms with Crippen LogP contribution in [0, 0.1) is 41.4 Å². The highest BCUT2D eigenvalue weighted by Crippen LogP contribution is 2.64. The first-order valence-electron chi connectivity index (χ1n) is 6.72. The van der Waals surface area contributed by atoms with Crippen molar-refractivity contribution < 1.29 is 0 Å². The normalized spacial score (nSPS) is 60.6. The van der Waals surface area contributed by atoms with E-state index in [0.29, 0.717) is 0 Å². The predicted molar refractivity (Wildman–Crippen MR) is 59.9 cm³/mol. The SMILES string of the molecule is CCC1CC(C)C2C3CC(CC3C)C12. The molecule has 0 N–H and O–H groups in total. The molecule has 0 radical (unpaired) electrons. The molecule has 7 unspecified atom stereocenters. The molecule has 3 saturated carbocycles. The average Bonchev–Trinajstić information content (AvgIpc) is 2.76. The molecular formula is C14H24. The van der Waals surface area contributed by atoms with E-state index < -0.39 is 0 Å². The zero-order valence-corrected chi connectivity index (χ0v) is 9.87. The third kappa shape index (κ3) is 1.01. The minimum atomic E-state index is 1.04. The maximum Gasteiger partial charge on any atom is -0.0323 e. The van der Waals surface area contributed by atoms with Crippen LogP contribution in [0.2, 0.25) is 0 Å². The van der Waals surface area contributed by atoms with Crippen LogP contribution in [0.1, 0.15) is 46.5 Å². The third-order valence-corrected chi connectivity index (χ3v) is 5.86. The lowest BCUT2D eigenvalue weighted by Gasteiger charge is -2.33. The Labute approximate surface area is 88.5 Å². The van der Waals surface area contributed by atoms with Gasteiger partial charge in [-0.1, -0.05) is 27.2 Å². The summed E-state index contributed by atoms with van der Waals surface area (Å²) in [5.74, 6) is 7.73. The average molecular weight is 192 g/mol. The largest absolute Gasteiger partial charge is 0.0651 e. The van der Waals surface area contributed by atoms with Crippen molar-refractivity contribution in [3.05, 3.63) is 0 Å². The van der Waals surface area contributed by atoms with Crippen molar-refractivity contribution in [1.82, 2.24) is 0 Å². The predicted octanol–water partition coefficient (Wildman–Crippen LogP) is 3.96. The van der Waals surface area contributed by atoms with Crippen molar-refractivity contribution in [1.29, 1.82) is 0 Å². The van der Waals surface area contributed by atoms with Crippen LogP contribution < -0.4 is 0 Å². The van der Waals surface area contributed by atoms with Crippen molar-refractivity contribution in [3.63, 3.8) is 0 Å². The molecule has 0 nitrogen and oxygen atoms in total. The van der Waals surface area contributed by atoms with E-state index in [4.69, 9.17) is 0 Å². The van der Waals surface area contributed by atoms with Crippen LogP contribution in [0.3, 0.4) is 0 Å². The van der Waals surface area contributed by atoms with Crippen LogP contribution in [0.4, 0.5) is 0 Å². The molecule has 0 heterocycles. The van der Waals surface area contributed by atoms with Gasteiger partial charge in [0.25, 0.3) is 0 Å². The molecule has 2 bridgehead atoms. The van der Waals surface area contributed by atoms with Gasteiger partial charge < -0.3 is 0 Å². The molecule has 0 aromatic heterocycles. The smallest absolute Gasteiger partial charge is 0.0323 e. The van der Waals surface area contributed by atoms with Gasteiger partial charge in [-0.05, 0) is 60.7 Å². The van der Waals surface area contributed by atoms with Crippen LogP contribution in [-0.4, -0.2) is 0 Å². The van der Waals surface area contributed by atoms with Crippen LogP contribution in [-0.2, 0) is 0 Å². The number of hydrogen-bond donors (Lipinski definition) is 0. The molecule has 0 saturated heterocycles. The van der Waals surface area contributed by atoms with Gasteiger partial charge >= 0.3 is 0 Å². The molecule has 80 valence electrons. The summed E-state index contributed by atoms with van der Waals surface area (Å²) in [6.07, 6.45) is 6.15. The lowest BCUT2D eigenvalue weighted by molar-refractivity contribution is 0.148. The molecule has 3 fully saturated rings. The van der Waals surface area contributed by atoms with Gasteiger partial charge in [0.05, 0.1) is 0 Å². The summed E-state index contributed by atoms with van der Waals surface area (Å²) in [6, 6.07) is 0. The van der Waals surface area contributed by atoms with E-state index >= 15 is 0 Å². The van der Waals surface area contributed by atoms with Crippen molar-refractivity contribution in [3.8, 4) is 0 Å². The molecule has 3 aliphatic rings. The fourth-order valence-corrected chi connectivity index (χ4v) is 5.51. The first-order chi connectivity index (χ1) is 6.72. The Balaban J connectivity index is 1.88. The van der Waals surface area contributed by atoms with Crippen LogP contribution in [0.25, 0.3) is 0 Å². The number of fused-ring (bicyclic) bond motifs is 5. The van der Waals surface area contributed by atoms with Gasteiger partial charge in [-0.2, -0.15) is 0 Å². The van der Waals surface area contributed by atoms with Gasteiger partial charge in [-0.15, -0.1) is 0 Å². The van der Waals surface area contributed by atoms with E-state index in [2.05, 4.69) is 20.8 Å². The van der Waals surface area contributed by atoms with Gasteiger partial charge in [0, 0.05) is 0 Å². The highest BCUT2D eigenvalue weighted by molar-refractivity contribution is 5.06. The Kier molecular flexibility index (Phi) is 1.98. The Morgan fingerprint density at radius 3 is 2.43 bits per heavy atom. The van der Waals surface area contributed by atoms with Gasteiger partial charge in [-0.25, -0.2) is 0 Å². The van der Waals surface area contributed by atoms with E-state index in [9.17, 15) is 0 Å². The van der Waals surface area contributed by atoms with E-state index in [1.165, 1.54) is 6.42 Å². The maximum atomic E-state index is 2.53. The minimum Gasteiger partial charge on any atom is -0.0651 e. The zero-order valence-electron chi connectivity index (χ0n) is 9.87. The first kappa shape index (κ1) is 9.24. The monoisotopic (exact) mass is 192 g/mol. The maximum absolute atomic E-state index is 2.53. The molecule has 0 aliphatic heterocycles. The second-order valence-corrected chi connectivity index (χ2v) is 6.41. The molecule has 7 atom stereocenters. The molecule has 0 spiro atoms. The summed E-state index contributed by atoms with van der Waals surface area (Å²) >= 11 is 0. The Morgan fingerprint density at radius 1 is 0.929 bits per heavy atom. The fourth-order valence-electron chi connectivity index (χ4n) is 5.51. The third-order valence-electron chi connectivity index (χ3n) is 5.86. The van der Waals surface area contributed by atoms with Crippen molar-refractivity contribution in [2.45, 2.75) is 46.5 Å². The Morgan fingerprint density at radius 2 is 1.71 bits per heavy atom. The van der Waals surface area contributed by atoms with Gasteiger partial charge in [0.15, 0.2) is 0 Å². The van der Waals surface area contributed by atoms with Gasteiger partial charge in [0.2, 0.25) is 0 Å². The Bertz CT molecular complexity index is 232. The standard InChI is InChI=1S/C14H24/c1-4-10-6-9(3)13-12-7-11(14(10)13)5-8(12)2/h8-14H,4-7H2,1-3H3. The van der Waals surface area contributed by atoms with Gasteiger partial charge in [0.1, 0.15) is 0 Å². The molecule has 0 aromatic rings. The molecule has 3 aliphatic carbocycles. The van der Waals surface area contributed by atoms with Crippen molar-refractivity contribution in [2.24, 2.45) is 41.4 Å². The summed E-state index contributed by atoms with van der Waals surface area (Å²) in [5, 5.41) is 0. The highest BCUT2D eigenvalue weighted by Gasteiger charge is 2.57. The summed E-state index contributed by atoms with van der Waals surface area (Å²) in [7, 11) is 0. The van der Waals surface area contributed by atoms with E-state index in [1.54, 1.807) is 19.3 Å². The lowest BCUT2D eigenvalue weighted by Crippen LogP contribution is -2.28. The van der Waals surface area contributed by atoms with E-state index in [1.807, 2.05) is 0 Å². The Hall–Kier alpha value is 0. The number of rotatable bonds is 1. The second kappa shape index (κ2) is 3.00. The van der Waals surface area contributed by atoms with Crippen molar-refractivity contribution in [2.75, 3.05) is 0 Å². The fraction of sp³-hybridized carbons (Fsp3) is 1.00. The quantitative estimate of drug-likeness (QED) is 0.590. The second-order valence-electron chi connectivity index (χ2n) is 6.41. The molecule has 14 heavy (non-hydrogen) atoms. The van der Waals surface area contributed by atoms with E-state index in [-0.39, 0.29) is 0 Å². The van der Waals surface area contributed by atoms with Crippen LogP contribution in [0.5, 0.6) is 0 Å².